The van der Waals surface area contributed by atoms with Gasteiger partial charge < -0.3 is 25.2 Å². The van der Waals surface area contributed by atoms with E-state index < -0.39 is 51.1 Å². The number of carboxylic acids is 1. The topological polar surface area (TPSA) is 172 Å². The number of ether oxygens (including phenoxy) is 2. The molecule has 0 aromatic rings. The summed E-state index contributed by atoms with van der Waals surface area (Å²) in [6, 6.07) is -1.52. The van der Waals surface area contributed by atoms with Crippen molar-refractivity contribution in [3.63, 3.8) is 0 Å². The monoisotopic (exact) mass is 691 g/mol. The molecule has 0 saturated heterocycles. The van der Waals surface area contributed by atoms with Crippen LogP contribution in [0.5, 0.6) is 0 Å². The minimum atomic E-state index is -4.70. The van der Waals surface area contributed by atoms with Gasteiger partial charge in [0.2, 0.25) is 0 Å². The molecule has 0 aliphatic carbocycles. The van der Waals surface area contributed by atoms with Gasteiger partial charge >= 0.3 is 25.7 Å². The Morgan fingerprint density at radius 2 is 1.06 bits per heavy atom. The first-order chi connectivity index (χ1) is 22.6. The Kier molecular flexibility index (Phi) is 30.3. The highest BCUT2D eigenvalue weighted by molar-refractivity contribution is 7.47. The maximum absolute atomic E-state index is 12.5. The largest absolute Gasteiger partial charge is 0.480 e. The van der Waals surface area contributed by atoms with Gasteiger partial charge in [-0.15, -0.1) is 0 Å². The molecule has 12 heteroatoms. The lowest BCUT2D eigenvalue weighted by Gasteiger charge is -2.20. The van der Waals surface area contributed by atoms with E-state index in [1.807, 2.05) is 0 Å². The Labute approximate surface area is 284 Å². The predicted octanol–water partition coefficient (Wildman–Crippen LogP) is 8.56. The molecule has 3 atom stereocenters. The second-order valence-electron chi connectivity index (χ2n) is 12.4. The first-order valence-electron chi connectivity index (χ1n) is 18.2. The molecular formula is C35H66NO10P. The molecule has 11 nitrogen and oxygen atoms in total. The molecule has 0 bridgehead atoms. The van der Waals surface area contributed by atoms with Crippen LogP contribution in [0.4, 0.5) is 0 Å². The minimum Gasteiger partial charge on any atom is -0.480 e. The van der Waals surface area contributed by atoms with E-state index in [0.717, 1.165) is 57.8 Å². The van der Waals surface area contributed by atoms with E-state index in [1.54, 1.807) is 0 Å². The van der Waals surface area contributed by atoms with Gasteiger partial charge in [-0.05, 0) is 38.5 Å². The molecule has 0 aliphatic rings. The maximum Gasteiger partial charge on any atom is 0.472 e. The standard InChI is InChI=1S/C35H66NO10P/c1-3-5-7-9-11-13-15-17-19-21-23-25-27-34(38)46-31(29-44-47(41,42)45-30-32(36)35(39)40)28-43-33(37)26-24-22-20-18-16-14-12-10-8-6-4-2/h11,13,31-32H,3-10,12,14-30,36H2,1-2H3,(H,39,40)(H,41,42)/b13-11+/t31-,32+/m1/s1. The summed E-state index contributed by atoms with van der Waals surface area (Å²) in [6.07, 6.45) is 27.1. The first kappa shape index (κ1) is 45.2. The second-order valence-corrected chi connectivity index (χ2v) is 13.8. The average Bonchev–Trinajstić information content (AvgIpc) is 3.04. The van der Waals surface area contributed by atoms with Crippen molar-refractivity contribution in [2.75, 3.05) is 19.8 Å². The summed E-state index contributed by atoms with van der Waals surface area (Å²) in [6.45, 7) is 2.74. The number of allylic oxidation sites excluding steroid dienone is 2. The van der Waals surface area contributed by atoms with Crippen molar-refractivity contribution in [1.82, 2.24) is 0 Å². The van der Waals surface area contributed by atoms with E-state index >= 15 is 0 Å². The molecule has 0 saturated carbocycles. The first-order valence-corrected chi connectivity index (χ1v) is 19.7. The molecule has 0 heterocycles. The van der Waals surface area contributed by atoms with Crippen molar-refractivity contribution in [2.45, 2.75) is 174 Å². The molecule has 0 fully saturated rings. The predicted molar refractivity (Wildman–Crippen MR) is 185 cm³/mol. The molecular weight excluding hydrogens is 625 g/mol. The molecule has 0 spiro atoms. The number of rotatable bonds is 34. The van der Waals surface area contributed by atoms with Gasteiger partial charge in [0.1, 0.15) is 12.6 Å². The Balaban J connectivity index is 4.48. The fourth-order valence-corrected chi connectivity index (χ4v) is 5.60. The molecule has 47 heavy (non-hydrogen) atoms. The highest BCUT2D eigenvalue weighted by Gasteiger charge is 2.28. The van der Waals surface area contributed by atoms with Crippen LogP contribution in [-0.4, -0.2) is 59.9 Å². The third-order valence-electron chi connectivity index (χ3n) is 7.76. The second kappa shape index (κ2) is 31.5. The van der Waals surface area contributed by atoms with Gasteiger partial charge in [-0.3, -0.25) is 23.4 Å². The van der Waals surface area contributed by atoms with E-state index in [-0.39, 0.29) is 19.4 Å². The zero-order chi connectivity index (χ0) is 35.0. The Bertz CT molecular complexity index is 869. The molecule has 0 amide bonds. The van der Waals surface area contributed by atoms with Gasteiger partial charge in [-0.1, -0.05) is 122 Å². The Morgan fingerprint density at radius 3 is 1.60 bits per heavy atom. The molecule has 0 rings (SSSR count). The summed E-state index contributed by atoms with van der Waals surface area (Å²) in [5, 5.41) is 8.84. The van der Waals surface area contributed by atoms with Crippen LogP contribution in [0.25, 0.3) is 0 Å². The molecule has 0 aromatic heterocycles. The molecule has 1 unspecified atom stereocenters. The number of carbonyl (C=O) groups excluding carboxylic acids is 2. The number of aliphatic carboxylic acids is 1. The van der Waals surface area contributed by atoms with Crippen molar-refractivity contribution in [3.05, 3.63) is 12.2 Å². The van der Waals surface area contributed by atoms with Crippen molar-refractivity contribution in [3.8, 4) is 0 Å². The Morgan fingerprint density at radius 1 is 0.638 bits per heavy atom. The lowest BCUT2D eigenvalue weighted by atomic mass is 10.1. The van der Waals surface area contributed by atoms with E-state index in [4.69, 9.17) is 24.8 Å². The molecule has 0 radical (unpaired) electrons. The third-order valence-corrected chi connectivity index (χ3v) is 8.71. The van der Waals surface area contributed by atoms with Crippen LogP contribution in [0.3, 0.4) is 0 Å². The number of hydrogen-bond acceptors (Lipinski definition) is 9. The number of esters is 2. The van der Waals surface area contributed by atoms with Crippen molar-refractivity contribution >= 4 is 25.7 Å². The summed E-state index contributed by atoms with van der Waals surface area (Å²) in [7, 11) is -4.70. The molecule has 4 N–H and O–H groups in total. The summed E-state index contributed by atoms with van der Waals surface area (Å²) in [5.41, 5.74) is 5.30. The summed E-state index contributed by atoms with van der Waals surface area (Å²) in [5.74, 6) is -2.39. The van der Waals surface area contributed by atoms with Crippen LogP contribution in [-0.2, 0) is 37.5 Å². The molecule has 0 aromatic carbocycles. The number of unbranched alkanes of at least 4 members (excludes halogenated alkanes) is 18. The summed E-state index contributed by atoms with van der Waals surface area (Å²) < 4.78 is 32.5. The quantitative estimate of drug-likeness (QED) is 0.0255. The van der Waals surface area contributed by atoms with E-state index in [2.05, 4.69) is 30.5 Å². The molecule has 0 aliphatic heterocycles. The minimum absolute atomic E-state index is 0.154. The summed E-state index contributed by atoms with van der Waals surface area (Å²) >= 11 is 0. The third kappa shape index (κ3) is 31.3. The van der Waals surface area contributed by atoms with Gasteiger partial charge in [-0.2, -0.15) is 0 Å². The van der Waals surface area contributed by atoms with Crippen LogP contribution in [0.2, 0.25) is 0 Å². The highest BCUT2D eigenvalue weighted by Crippen LogP contribution is 2.43. The van der Waals surface area contributed by atoms with Gasteiger partial charge in [0.25, 0.3) is 0 Å². The smallest absolute Gasteiger partial charge is 0.472 e. The van der Waals surface area contributed by atoms with Gasteiger partial charge in [0.15, 0.2) is 6.10 Å². The number of carbonyl (C=O) groups is 3. The van der Waals surface area contributed by atoms with Gasteiger partial charge in [0, 0.05) is 12.8 Å². The SMILES string of the molecule is CCCCC/C=C/CCCCCCCC(=O)O[C@H](COC(=O)CCCCCCCCCCCCC)COP(=O)(O)OC[C@H](N)C(=O)O. The number of nitrogens with two attached hydrogens (primary N) is 1. The maximum atomic E-state index is 12.5. The molecule has 276 valence electrons. The zero-order valence-corrected chi connectivity index (χ0v) is 30.3. The zero-order valence-electron chi connectivity index (χ0n) is 29.4. The number of hydrogen-bond donors (Lipinski definition) is 3. The van der Waals surface area contributed by atoms with Crippen LogP contribution in [0.15, 0.2) is 12.2 Å². The van der Waals surface area contributed by atoms with Crippen molar-refractivity contribution in [1.29, 1.82) is 0 Å². The van der Waals surface area contributed by atoms with E-state index in [0.29, 0.717) is 12.8 Å². The fourth-order valence-electron chi connectivity index (χ4n) is 4.82. The normalized spacial score (nSPS) is 14.1. The van der Waals surface area contributed by atoms with E-state index in [1.165, 1.54) is 64.2 Å². The van der Waals surface area contributed by atoms with Crippen LogP contribution < -0.4 is 5.73 Å². The van der Waals surface area contributed by atoms with Crippen LogP contribution in [0.1, 0.15) is 162 Å². The van der Waals surface area contributed by atoms with E-state index in [9.17, 15) is 23.8 Å². The number of phosphoric acid groups is 1. The van der Waals surface area contributed by atoms with Gasteiger partial charge in [0.05, 0.1) is 13.2 Å². The van der Waals surface area contributed by atoms with Crippen molar-refractivity contribution in [2.24, 2.45) is 5.73 Å². The number of phosphoric ester groups is 1. The van der Waals surface area contributed by atoms with Gasteiger partial charge in [-0.25, -0.2) is 4.57 Å². The summed E-state index contributed by atoms with van der Waals surface area (Å²) in [4.78, 5) is 45.6. The van der Waals surface area contributed by atoms with Crippen LogP contribution in [0, 0.1) is 0 Å². The number of carboxylic acid groups (broad SMARTS) is 1. The average molecular weight is 692 g/mol. The van der Waals surface area contributed by atoms with Crippen molar-refractivity contribution < 1.29 is 47.5 Å². The van der Waals surface area contributed by atoms with Crippen LogP contribution >= 0.6 is 7.82 Å². The lowest BCUT2D eigenvalue weighted by molar-refractivity contribution is -0.161. The lowest BCUT2D eigenvalue weighted by Crippen LogP contribution is -2.34. The highest BCUT2D eigenvalue weighted by atomic mass is 31.2. The fraction of sp³-hybridized carbons (Fsp3) is 0.857. The Hall–Kier alpha value is -1.78.